The molecule has 0 radical (unpaired) electrons. The molecule has 0 saturated heterocycles. The minimum Gasteiger partial charge on any atom is -0.482 e. The van der Waals surface area contributed by atoms with Gasteiger partial charge in [0.25, 0.3) is 5.91 Å². The molecule has 0 atom stereocenters. The number of imide groups is 1. The molecule has 0 aliphatic rings. The van der Waals surface area contributed by atoms with E-state index in [-0.39, 0.29) is 13.2 Å². The van der Waals surface area contributed by atoms with E-state index in [1.165, 1.54) is 0 Å². The fourth-order valence-electron chi connectivity index (χ4n) is 1.60. The van der Waals surface area contributed by atoms with Crippen LogP contribution in [0.1, 0.15) is 32.3 Å². The van der Waals surface area contributed by atoms with Gasteiger partial charge in [0, 0.05) is 0 Å². The third kappa shape index (κ3) is 7.30. The average molecular weight is 323 g/mol. The van der Waals surface area contributed by atoms with Gasteiger partial charge in [-0.15, -0.1) is 0 Å². The summed E-state index contributed by atoms with van der Waals surface area (Å²) in [5.74, 6) is -0.538. The summed E-state index contributed by atoms with van der Waals surface area (Å²) in [5, 5.41) is 1.91. The van der Waals surface area contributed by atoms with E-state index in [0.717, 1.165) is 5.56 Å². The Morgan fingerprint density at radius 2 is 1.70 bits per heavy atom. The van der Waals surface area contributed by atoms with Gasteiger partial charge in [-0.05, 0) is 30.5 Å². The highest BCUT2D eigenvalue weighted by Gasteiger charge is 2.12. The number of hydrogen-bond donors (Lipinski definition) is 1. The first-order chi connectivity index (χ1) is 10.9. The Morgan fingerprint density at radius 3 is 2.26 bits per heavy atom. The summed E-state index contributed by atoms with van der Waals surface area (Å²) < 4.78 is 14.5. The lowest BCUT2D eigenvalue weighted by Gasteiger charge is -2.09. The van der Waals surface area contributed by atoms with E-state index < -0.39 is 24.6 Å². The fraction of sp³-hybridized carbons (Fsp3) is 0.438. The summed E-state index contributed by atoms with van der Waals surface area (Å²) in [6.45, 7) is 5.00. The number of esters is 1. The second kappa shape index (κ2) is 9.45. The summed E-state index contributed by atoms with van der Waals surface area (Å²) in [6, 6.07) is 7.35. The molecule has 1 rings (SSSR count). The molecule has 0 aromatic heterocycles. The maximum Gasteiger partial charge on any atom is 0.413 e. The maximum atomic E-state index is 11.5. The summed E-state index contributed by atoms with van der Waals surface area (Å²) in [7, 11) is 0. The number of benzene rings is 1. The number of ether oxygens (including phenoxy) is 3. The van der Waals surface area contributed by atoms with E-state index in [0.29, 0.717) is 11.7 Å². The molecule has 0 aliphatic carbocycles. The van der Waals surface area contributed by atoms with Gasteiger partial charge in [0.1, 0.15) is 5.75 Å². The van der Waals surface area contributed by atoms with Gasteiger partial charge in [-0.1, -0.05) is 26.0 Å². The SMILES string of the molecule is CCOC(=O)NC(=O)COC(=O)COc1ccc(C(C)C)cc1. The smallest absolute Gasteiger partial charge is 0.413 e. The molecule has 126 valence electrons. The number of alkyl carbamates (subject to hydrolysis) is 1. The van der Waals surface area contributed by atoms with Crippen molar-refractivity contribution in [1.29, 1.82) is 0 Å². The maximum absolute atomic E-state index is 11.5. The van der Waals surface area contributed by atoms with Crippen LogP contribution in [0.15, 0.2) is 24.3 Å². The summed E-state index contributed by atoms with van der Waals surface area (Å²) >= 11 is 0. The van der Waals surface area contributed by atoms with Gasteiger partial charge < -0.3 is 14.2 Å². The Hall–Kier alpha value is -2.57. The number of amides is 2. The Bertz CT molecular complexity index is 538. The molecule has 0 bridgehead atoms. The second-order valence-electron chi connectivity index (χ2n) is 4.94. The van der Waals surface area contributed by atoms with Gasteiger partial charge in [0.15, 0.2) is 13.2 Å². The molecule has 23 heavy (non-hydrogen) atoms. The zero-order valence-electron chi connectivity index (χ0n) is 13.5. The van der Waals surface area contributed by atoms with E-state index in [2.05, 4.69) is 23.3 Å². The van der Waals surface area contributed by atoms with Gasteiger partial charge in [0.2, 0.25) is 0 Å². The van der Waals surface area contributed by atoms with Crippen molar-refractivity contribution in [2.45, 2.75) is 26.7 Å². The van der Waals surface area contributed by atoms with E-state index >= 15 is 0 Å². The van der Waals surface area contributed by atoms with Crippen LogP contribution >= 0.6 is 0 Å². The van der Waals surface area contributed by atoms with Crippen molar-refractivity contribution in [3.63, 3.8) is 0 Å². The standard InChI is InChI=1S/C16H21NO6/c1-4-21-16(20)17-14(18)9-23-15(19)10-22-13-7-5-12(6-8-13)11(2)3/h5-8,11H,4,9-10H2,1-3H3,(H,17,18,20). The van der Waals surface area contributed by atoms with Crippen LogP contribution in [0.4, 0.5) is 4.79 Å². The van der Waals surface area contributed by atoms with Crippen molar-refractivity contribution in [1.82, 2.24) is 5.32 Å². The van der Waals surface area contributed by atoms with E-state index in [9.17, 15) is 14.4 Å². The molecule has 1 N–H and O–H groups in total. The quantitative estimate of drug-likeness (QED) is 0.772. The lowest BCUT2D eigenvalue weighted by atomic mass is 10.0. The molecule has 7 nitrogen and oxygen atoms in total. The molecule has 1 aromatic rings. The Balaban J connectivity index is 2.28. The highest BCUT2D eigenvalue weighted by Crippen LogP contribution is 2.18. The number of hydrogen-bond acceptors (Lipinski definition) is 6. The molecule has 0 aliphatic heterocycles. The highest BCUT2D eigenvalue weighted by atomic mass is 16.6. The van der Waals surface area contributed by atoms with Crippen LogP contribution < -0.4 is 10.1 Å². The lowest BCUT2D eigenvalue weighted by Crippen LogP contribution is -2.35. The topological polar surface area (TPSA) is 90.9 Å². The van der Waals surface area contributed by atoms with Gasteiger partial charge in [-0.25, -0.2) is 9.59 Å². The molecule has 0 fully saturated rings. The highest BCUT2D eigenvalue weighted by molar-refractivity contribution is 5.93. The first kappa shape index (κ1) is 18.5. The van der Waals surface area contributed by atoms with Gasteiger partial charge >= 0.3 is 12.1 Å². The van der Waals surface area contributed by atoms with Crippen molar-refractivity contribution in [3.05, 3.63) is 29.8 Å². The molecule has 0 unspecified atom stereocenters. The molecule has 0 saturated carbocycles. The largest absolute Gasteiger partial charge is 0.482 e. The number of nitrogens with one attached hydrogen (secondary N) is 1. The van der Waals surface area contributed by atoms with Crippen LogP contribution in [-0.4, -0.2) is 37.8 Å². The fourth-order valence-corrected chi connectivity index (χ4v) is 1.60. The van der Waals surface area contributed by atoms with Crippen molar-refractivity contribution in [2.24, 2.45) is 0 Å². The Morgan fingerprint density at radius 1 is 1.04 bits per heavy atom. The molecule has 0 spiro atoms. The van der Waals surface area contributed by atoms with Crippen molar-refractivity contribution in [2.75, 3.05) is 19.8 Å². The number of carbonyl (C=O) groups excluding carboxylic acids is 3. The molecule has 1 aromatic carbocycles. The zero-order valence-corrected chi connectivity index (χ0v) is 13.5. The van der Waals surface area contributed by atoms with Crippen molar-refractivity contribution >= 4 is 18.0 Å². The first-order valence-electron chi connectivity index (χ1n) is 7.27. The molecule has 0 heterocycles. The lowest BCUT2D eigenvalue weighted by molar-refractivity contribution is -0.150. The third-order valence-corrected chi connectivity index (χ3v) is 2.78. The normalized spacial score (nSPS) is 10.1. The van der Waals surface area contributed by atoms with Crippen LogP contribution in [0.3, 0.4) is 0 Å². The monoisotopic (exact) mass is 323 g/mol. The third-order valence-electron chi connectivity index (χ3n) is 2.78. The minimum absolute atomic E-state index is 0.141. The summed E-state index contributed by atoms with van der Waals surface area (Å²) in [5.41, 5.74) is 1.16. The summed E-state index contributed by atoms with van der Waals surface area (Å²) in [6.07, 6.45) is -0.880. The Labute approximate surface area is 134 Å². The first-order valence-corrected chi connectivity index (χ1v) is 7.27. The molecular formula is C16H21NO6. The predicted molar refractivity (Wildman–Crippen MR) is 82.1 cm³/mol. The van der Waals surface area contributed by atoms with Crippen LogP contribution in [0.2, 0.25) is 0 Å². The van der Waals surface area contributed by atoms with Gasteiger partial charge in [-0.2, -0.15) is 0 Å². The molecular weight excluding hydrogens is 302 g/mol. The average Bonchev–Trinajstić information content (AvgIpc) is 2.51. The van der Waals surface area contributed by atoms with E-state index in [1.807, 2.05) is 17.4 Å². The summed E-state index contributed by atoms with van der Waals surface area (Å²) in [4.78, 5) is 33.7. The Kier molecular flexibility index (Phi) is 7.59. The van der Waals surface area contributed by atoms with Crippen molar-refractivity contribution < 1.29 is 28.6 Å². The van der Waals surface area contributed by atoms with Crippen LogP contribution in [0, 0.1) is 0 Å². The molecule has 2 amide bonds. The van der Waals surface area contributed by atoms with Crippen LogP contribution in [-0.2, 0) is 19.1 Å². The van der Waals surface area contributed by atoms with Gasteiger partial charge in [0.05, 0.1) is 6.61 Å². The van der Waals surface area contributed by atoms with E-state index in [4.69, 9.17) is 4.74 Å². The molecule has 7 heteroatoms. The van der Waals surface area contributed by atoms with Gasteiger partial charge in [-0.3, -0.25) is 10.1 Å². The van der Waals surface area contributed by atoms with Crippen LogP contribution in [0.25, 0.3) is 0 Å². The zero-order chi connectivity index (χ0) is 17.2. The van der Waals surface area contributed by atoms with Crippen molar-refractivity contribution in [3.8, 4) is 5.75 Å². The number of carbonyl (C=O) groups is 3. The van der Waals surface area contributed by atoms with E-state index in [1.54, 1.807) is 19.1 Å². The second-order valence-corrected chi connectivity index (χ2v) is 4.94. The minimum atomic E-state index is -0.880. The van der Waals surface area contributed by atoms with Crippen LogP contribution in [0.5, 0.6) is 5.75 Å². The number of rotatable bonds is 7. The predicted octanol–water partition coefficient (Wildman–Crippen LogP) is 2.00.